The van der Waals surface area contributed by atoms with E-state index < -0.39 is 4.92 Å². The number of anilines is 1. The van der Waals surface area contributed by atoms with Crippen molar-refractivity contribution in [1.82, 2.24) is 19.7 Å². The molecule has 0 bridgehead atoms. The first-order chi connectivity index (χ1) is 13.6. The molecule has 0 atom stereocenters. The molecule has 3 rings (SSSR count). The van der Waals surface area contributed by atoms with Gasteiger partial charge in [-0.25, -0.2) is 9.48 Å². The minimum atomic E-state index is -0.460. The number of amides is 1. The number of fused-ring (bicyclic) bond motifs is 1. The molecule has 1 aliphatic heterocycles. The minimum absolute atomic E-state index is 0.0175. The van der Waals surface area contributed by atoms with E-state index in [1.165, 1.54) is 10.7 Å². The molecule has 1 aromatic heterocycles. The average molecular weight is 388 g/mol. The van der Waals surface area contributed by atoms with Crippen molar-refractivity contribution in [2.75, 3.05) is 18.4 Å². The second-order valence-corrected chi connectivity index (χ2v) is 6.69. The van der Waals surface area contributed by atoms with E-state index in [1.807, 2.05) is 0 Å². The van der Waals surface area contributed by atoms with E-state index in [9.17, 15) is 19.7 Å². The molecule has 2 aromatic rings. The van der Waals surface area contributed by atoms with Crippen molar-refractivity contribution in [3.8, 4) is 0 Å². The third-order valence-electron chi connectivity index (χ3n) is 4.67. The van der Waals surface area contributed by atoms with Crippen LogP contribution in [0.15, 0.2) is 29.1 Å². The van der Waals surface area contributed by atoms with Gasteiger partial charge in [-0.05, 0) is 25.3 Å². The molecule has 0 unspecified atom stereocenters. The number of rotatable bonds is 9. The first kappa shape index (κ1) is 19.6. The molecule has 150 valence electrons. The lowest BCUT2D eigenvalue weighted by Gasteiger charge is -2.09. The monoisotopic (exact) mass is 388 g/mol. The van der Waals surface area contributed by atoms with Crippen LogP contribution in [0, 0.1) is 10.1 Å². The Morgan fingerprint density at radius 3 is 2.86 bits per heavy atom. The molecule has 2 N–H and O–H groups in total. The van der Waals surface area contributed by atoms with E-state index in [-0.39, 0.29) is 23.7 Å². The minimum Gasteiger partial charge on any atom is -0.379 e. The summed E-state index contributed by atoms with van der Waals surface area (Å²) in [7, 11) is 0. The first-order valence-electron chi connectivity index (χ1n) is 9.47. The van der Waals surface area contributed by atoms with Crippen LogP contribution in [0.2, 0.25) is 0 Å². The Kier molecular flexibility index (Phi) is 6.41. The molecule has 0 spiro atoms. The Morgan fingerprint density at radius 1 is 1.25 bits per heavy atom. The predicted octanol–water partition coefficient (Wildman–Crippen LogP) is 1.30. The molecule has 10 nitrogen and oxygen atoms in total. The van der Waals surface area contributed by atoms with Gasteiger partial charge in [0.2, 0.25) is 5.91 Å². The van der Waals surface area contributed by atoms with Crippen molar-refractivity contribution in [1.29, 1.82) is 0 Å². The van der Waals surface area contributed by atoms with Crippen LogP contribution in [-0.2, 0) is 24.3 Å². The molecule has 28 heavy (non-hydrogen) atoms. The smallest absolute Gasteiger partial charge is 0.345 e. The van der Waals surface area contributed by atoms with Gasteiger partial charge in [-0.2, -0.15) is 5.10 Å². The van der Waals surface area contributed by atoms with Crippen molar-refractivity contribution in [3.63, 3.8) is 0 Å². The summed E-state index contributed by atoms with van der Waals surface area (Å²) in [6, 6.07) is 6.32. The average Bonchev–Trinajstić information content (AvgIpc) is 3.01. The zero-order valence-corrected chi connectivity index (χ0v) is 15.6. The summed E-state index contributed by atoms with van der Waals surface area (Å²) >= 11 is 0. The SMILES string of the molecule is O=C(CCNc1ccccc1[N+](=O)[O-])NCCCn1nc2n(c1=O)CCCC2. The van der Waals surface area contributed by atoms with Crippen molar-refractivity contribution >= 4 is 17.3 Å². The van der Waals surface area contributed by atoms with Crippen molar-refractivity contribution in [3.05, 3.63) is 50.7 Å². The van der Waals surface area contributed by atoms with Gasteiger partial charge in [0, 0.05) is 45.1 Å². The quantitative estimate of drug-likeness (QED) is 0.379. The number of nitrogens with zero attached hydrogens (tertiary/aromatic N) is 4. The summed E-state index contributed by atoms with van der Waals surface area (Å²) in [5, 5.41) is 21.0. The Hall–Kier alpha value is -3.17. The van der Waals surface area contributed by atoms with Crippen molar-refractivity contribution < 1.29 is 9.72 Å². The summed E-state index contributed by atoms with van der Waals surface area (Å²) in [6.45, 7) is 1.94. The van der Waals surface area contributed by atoms with Gasteiger partial charge < -0.3 is 10.6 Å². The van der Waals surface area contributed by atoms with Gasteiger partial charge in [0.05, 0.1) is 4.92 Å². The molecule has 1 amide bonds. The van der Waals surface area contributed by atoms with Gasteiger partial charge in [-0.3, -0.25) is 19.5 Å². The molecule has 0 saturated carbocycles. The molecular weight excluding hydrogens is 364 g/mol. The molecule has 0 radical (unpaired) electrons. The number of aromatic nitrogens is 3. The van der Waals surface area contributed by atoms with E-state index in [1.54, 1.807) is 22.8 Å². The highest BCUT2D eigenvalue weighted by Crippen LogP contribution is 2.22. The maximum atomic E-state index is 12.2. The highest BCUT2D eigenvalue weighted by molar-refractivity contribution is 5.76. The number of benzene rings is 1. The molecule has 0 saturated heterocycles. The Balaban J connectivity index is 1.37. The van der Waals surface area contributed by atoms with Crippen LogP contribution in [0.25, 0.3) is 0 Å². The van der Waals surface area contributed by atoms with Gasteiger partial charge in [0.1, 0.15) is 11.5 Å². The van der Waals surface area contributed by atoms with E-state index in [4.69, 9.17) is 0 Å². The lowest BCUT2D eigenvalue weighted by Crippen LogP contribution is -2.30. The predicted molar refractivity (Wildman–Crippen MR) is 103 cm³/mol. The second-order valence-electron chi connectivity index (χ2n) is 6.69. The van der Waals surface area contributed by atoms with Gasteiger partial charge in [0.25, 0.3) is 5.69 Å². The normalized spacial score (nSPS) is 13.0. The first-order valence-corrected chi connectivity index (χ1v) is 9.47. The molecule has 1 aliphatic rings. The fourth-order valence-corrected chi connectivity index (χ4v) is 3.23. The summed E-state index contributed by atoms with van der Waals surface area (Å²) in [5.74, 6) is 0.698. The standard InChI is InChI=1S/C18H24N6O4/c25-17(9-11-19-14-6-1-2-7-15(14)24(27)28)20-10-5-13-23-18(26)22-12-4-3-8-16(22)21-23/h1-2,6-7,19H,3-5,8-13H2,(H,20,25). The number of carbonyl (C=O) groups is 1. The van der Waals surface area contributed by atoms with Gasteiger partial charge >= 0.3 is 5.69 Å². The molecule has 10 heteroatoms. The highest BCUT2D eigenvalue weighted by Gasteiger charge is 2.16. The summed E-state index contributed by atoms with van der Waals surface area (Å²) in [6.07, 6.45) is 3.72. The van der Waals surface area contributed by atoms with Crippen LogP contribution < -0.4 is 16.3 Å². The molecule has 1 aromatic carbocycles. The lowest BCUT2D eigenvalue weighted by molar-refractivity contribution is -0.384. The summed E-state index contributed by atoms with van der Waals surface area (Å²) in [5.41, 5.74) is 0.300. The van der Waals surface area contributed by atoms with Crippen LogP contribution >= 0.6 is 0 Å². The number of nitrogens with one attached hydrogen (secondary N) is 2. The van der Waals surface area contributed by atoms with Crippen LogP contribution in [0.1, 0.15) is 31.5 Å². The Bertz CT molecular complexity index is 904. The number of para-hydroxylation sites is 2. The van der Waals surface area contributed by atoms with Crippen LogP contribution in [0.4, 0.5) is 11.4 Å². The molecule has 0 fully saturated rings. The highest BCUT2D eigenvalue weighted by atomic mass is 16.6. The number of hydrogen-bond acceptors (Lipinski definition) is 6. The fourth-order valence-electron chi connectivity index (χ4n) is 3.23. The number of carbonyl (C=O) groups excluding carboxylic acids is 1. The maximum Gasteiger partial charge on any atom is 0.345 e. The van der Waals surface area contributed by atoms with Gasteiger partial charge in [-0.1, -0.05) is 12.1 Å². The third kappa shape index (κ3) is 4.76. The number of aryl methyl sites for hydroxylation is 2. The van der Waals surface area contributed by atoms with E-state index >= 15 is 0 Å². The van der Waals surface area contributed by atoms with Gasteiger partial charge in [0.15, 0.2) is 0 Å². The van der Waals surface area contributed by atoms with Crippen molar-refractivity contribution in [2.45, 2.75) is 45.2 Å². The lowest BCUT2D eigenvalue weighted by atomic mass is 10.2. The fraction of sp³-hybridized carbons (Fsp3) is 0.500. The third-order valence-corrected chi connectivity index (χ3v) is 4.67. The number of hydrogen-bond donors (Lipinski definition) is 2. The summed E-state index contributed by atoms with van der Waals surface area (Å²) in [4.78, 5) is 34.6. The molecule has 0 aliphatic carbocycles. The second kappa shape index (κ2) is 9.16. The zero-order valence-electron chi connectivity index (χ0n) is 15.6. The number of nitro groups is 1. The molecular formula is C18H24N6O4. The Morgan fingerprint density at radius 2 is 2.07 bits per heavy atom. The van der Waals surface area contributed by atoms with E-state index in [0.29, 0.717) is 31.7 Å². The van der Waals surface area contributed by atoms with Crippen LogP contribution in [-0.4, -0.2) is 38.3 Å². The largest absolute Gasteiger partial charge is 0.379 e. The van der Waals surface area contributed by atoms with E-state index in [0.717, 1.165) is 31.6 Å². The maximum absolute atomic E-state index is 12.2. The van der Waals surface area contributed by atoms with Crippen LogP contribution in [0.3, 0.4) is 0 Å². The number of nitro benzene ring substituents is 1. The van der Waals surface area contributed by atoms with Crippen molar-refractivity contribution in [2.24, 2.45) is 0 Å². The molecule has 2 heterocycles. The zero-order chi connectivity index (χ0) is 19.9. The van der Waals surface area contributed by atoms with E-state index in [2.05, 4.69) is 15.7 Å². The summed E-state index contributed by atoms with van der Waals surface area (Å²) < 4.78 is 3.21. The van der Waals surface area contributed by atoms with Crippen LogP contribution in [0.5, 0.6) is 0 Å². The topological polar surface area (TPSA) is 124 Å². The van der Waals surface area contributed by atoms with Gasteiger partial charge in [-0.15, -0.1) is 0 Å². The Labute approximate surface area is 161 Å².